The highest BCUT2D eigenvalue weighted by molar-refractivity contribution is 6.19. The largest absolute Gasteiger partial charge is 0.261 e. The van der Waals surface area contributed by atoms with Gasteiger partial charge in [-0.3, -0.25) is 4.98 Å². The van der Waals surface area contributed by atoms with E-state index in [-0.39, 0.29) is 0 Å². The standard InChI is InChI=1S/C7H9N.C4H7Cl.2C2H6/c1-6-3-4-7(2)8-5-6;1-4(2)3-5;2*1-2/h3-5H,1-2H3;1,3H2,2H3;2*1-2H3. The normalized spacial score (nSPS) is 7.29. The van der Waals surface area contributed by atoms with Crippen LogP contribution in [-0.4, -0.2) is 10.9 Å². The summed E-state index contributed by atoms with van der Waals surface area (Å²) in [5, 5.41) is 0. The Balaban J connectivity index is -0.000000190. The van der Waals surface area contributed by atoms with Crippen LogP contribution in [0.25, 0.3) is 0 Å². The Morgan fingerprint density at radius 3 is 1.76 bits per heavy atom. The lowest BCUT2D eigenvalue weighted by atomic mass is 10.3. The van der Waals surface area contributed by atoms with Gasteiger partial charge in [0, 0.05) is 17.8 Å². The van der Waals surface area contributed by atoms with Crippen molar-refractivity contribution in [2.75, 3.05) is 5.88 Å². The van der Waals surface area contributed by atoms with Crippen LogP contribution in [0.2, 0.25) is 0 Å². The number of aryl methyl sites for hydroxylation is 2. The highest BCUT2D eigenvalue weighted by Gasteiger charge is 1.81. The predicted octanol–water partition coefficient (Wildman–Crippen LogP) is 5.55. The van der Waals surface area contributed by atoms with Crippen molar-refractivity contribution >= 4 is 11.6 Å². The average molecular weight is 258 g/mol. The maximum absolute atomic E-state index is 5.24. The first kappa shape index (κ1) is 21.5. The average Bonchev–Trinajstić information content (AvgIpc) is 2.38. The van der Waals surface area contributed by atoms with Gasteiger partial charge in [-0.2, -0.15) is 0 Å². The van der Waals surface area contributed by atoms with Crippen LogP contribution in [-0.2, 0) is 0 Å². The van der Waals surface area contributed by atoms with Crippen molar-refractivity contribution in [1.82, 2.24) is 4.98 Å². The monoisotopic (exact) mass is 257 g/mol. The topological polar surface area (TPSA) is 12.9 Å². The van der Waals surface area contributed by atoms with E-state index in [2.05, 4.69) is 17.6 Å². The number of pyridine rings is 1. The quantitative estimate of drug-likeness (QED) is 0.475. The van der Waals surface area contributed by atoms with Crippen LogP contribution in [0.4, 0.5) is 0 Å². The van der Waals surface area contributed by atoms with Crippen molar-refractivity contribution in [2.45, 2.75) is 48.5 Å². The fourth-order valence-corrected chi connectivity index (χ4v) is 0.542. The van der Waals surface area contributed by atoms with Gasteiger partial charge in [0.05, 0.1) is 0 Å². The molecule has 0 saturated carbocycles. The number of alkyl halides is 1. The summed E-state index contributed by atoms with van der Waals surface area (Å²) >= 11 is 5.24. The predicted molar refractivity (Wildman–Crippen MR) is 81.9 cm³/mol. The molecule has 0 aromatic carbocycles. The Morgan fingerprint density at radius 2 is 1.59 bits per heavy atom. The maximum Gasteiger partial charge on any atom is 0.0428 e. The molecule has 17 heavy (non-hydrogen) atoms. The van der Waals surface area contributed by atoms with Crippen molar-refractivity contribution < 1.29 is 0 Å². The molecule has 1 heterocycles. The molecule has 0 fully saturated rings. The summed E-state index contributed by atoms with van der Waals surface area (Å²) < 4.78 is 0. The molecule has 0 N–H and O–H groups in total. The van der Waals surface area contributed by atoms with Crippen molar-refractivity contribution in [3.63, 3.8) is 0 Å². The molecule has 100 valence electrons. The van der Waals surface area contributed by atoms with Gasteiger partial charge in [-0.15, -0.1) is 11.6 Å². The molecule has 1 rings (SSSR count). The Kier molecular flexibility index (Phi) is 22.2. The zero-order valence-corrected chi connectivity index (χ0v) is 13.2. The fourth-order valence-electron chi connectivity index (χ4n) is 0.542. The van der Waals surface area contributed by atoms with Crippen LogP contribution < -0.4 is 0 Å². The van der Waals surface area contributed by atoms with E-state index in [9.17, 15) is 0 Å². The lowest BCUT2D eigenvalue weighted by Gasteiger charge is -1.89. The molecule has 0 spiro atoms. The summed E-state index contributed by atoms with van der Waals surface area (Å²) in [6, 6.07) is 4.07. The molecule has 0 aliphatic carbocycles. The molecule has 0 saturated heterocycles. The second-order valence-corrected chi connectivity index (χ2v) is 3.33. The molecule has 0 aliphatic rings. The number of hydrogen-bond acceptors (Lipinski definition) is 1. The Labute approximate surface area is 113 Å². The number of halogens is 1. The summed E-state index contributed by atoms with van der Waals surface area (Å²) in [7, 11) is 0. The molecule has 2 heteroatoms. The highest BCUT2D eigenvalue weighted by atomic mass is 35.5. The van der Waals surface area contributed by atoms with Gasteiger partial charge >= 0.3 is 0 Å². The number of rotatable bonds is 1. The molecule has 0 radical (unpaired) electrons. The lowest BCUT2D eigenvalue weighted by molar-refractivity contribution is 1.17. The van der Waals surface area contributed by atoms with Crippen LogP contribution in [0.5, 0.6) is 0 Å². The first-order valence-corrected chi connectivity index (χ1v) is 6.69. The van der Waals surface area contributed by atoms with Gasteiger partial charge in [0.25, 0.3) is 0 Å². The van der Waals surface area contributed by atoms with Crippen LogP contribution in [0.3, 0.4) is 0 Å². The van der Waals surface area contributed by atoms with Crippen LogP contribution in [0.15, 0.2) is 30.5 Å². The van der Waals surface area contributed by atoms with Crippen molar-refractivity contribution in [1.29, 1.82) is 0 Å². The van der Waals surface area contributed by atoms with E-state index in [1.54, 1.807) is 0 Å². The van der Waals surface area contributed by atoms with Crippen molar-refractivity contribution in [3.05, 3.63) is 41.7 Å². The van der Waals surface area contributed by atoms with E-state index >= 15 is 0 Å². The van der Waals surface area contributed by atoms with Crippen LogP contribution in [0.1, 0.15) is 45.9 Å². The third-order valence-corrected chi connectivity index (χ3v) is 1.74. The molecule has 1 aromatic rings. The molecular weight excluding hydrogens is 230 g/mol. The Bertz CT molecular complexity index is 231. The smallest absolute Gasteiger partial charge is 0.0428 e. The maximum atomic E-state index is 5.24. The van der Waals surface area contributed by atoms with Crippen LogP contribution >= 0.6 is 11.6 Å². The third-order valence-electron chi connectivity index (χ3n) is 1.29. The summed E-state index contributed by atoms with van der Waals surface area (Å²) in [6.45, 7) is 17.5. The van der Waals surface area contributed by atoms with E-state index in [1.807, 2.05) is 60.7 Å². The molecule has 0 aliphatic heterocycles. The Morgan fingerprint density at radius 1 is 1.18 bits per heavy atom. The number of nitrogens with zero attached hydrogens (tertiary/aromatic N) is 1. The first-order valence-electron chi connectivity index (χ1n) is 6.16. The van der Waals surface area contributed by atoms with Gasteiger partial charge in [-0.05, 0) is 32.4 Å². The van der Waals surface area contributed by atoms with Crippen LogP contribution in [0, 0.1) is 13.8 Å². The summed E-state index contributed by atoms with van der Waals surface area (Å²) in [4.78, 5) is 4.08. The minimum atomic E-state index is 0.583. The van der Waals surface area contributed by atoms with Gasteiger partial charge in [0.2, 0.25) is 0 Å². The number of allylic oxidation sites excluding steroid dienone is 1. The molecule has 0 atom stereocenters. The van der Waals surface area contributed by atoms with E-state index in [0.717, 1.165) is 11.3 Å². The summed E-state index contributed by atoms with van der Waals surface area (Å²) in [5.74, 6) is 0.583. The molecule has 1 aromatic heterocycles. The van der Waals surface area contributed by atoms with E-state index in [1.165, 1.54) is 5.56 Å². The highest BCUT2D eigenvalue weighted by Crippen LogP contribution is 1.94. The molecular formula is C15H28ClN. The minimum Gasteiger partial charge on any atom is -0.261 e. The van der Waals surface area contributed by atoms with E-state index in [4.69, 9.17) is 11.6 Å². The van der Waals surface area contributed by atoms with E-state index < -0.39 is 0 Å². The van der Waals surface area contributed by atoms with Gasteiger partial charge in [0.15, 0.2) is 0 Å². The minimum absolute atomic E-state index is 0.583. The van der Waals surface area contributed by atoms with Gasteiger partial charge < -0.3 is 0 Å². The first-order chi connectivity index (χ1) is 8.06. The summed E-state index contributed by atoms with van der Waals surface area (Å²) in [5.41, 5.74) is 3.32. The Hall–Kier alpha value is -0.820. The molecule has 1 nitrogen and oxygen atoms in total. The zero-order chi connectivity index (χ0) is 14.3. The lowest BCUT2D eigenvalue weighted by Crippen LogP contribution is -1.78. The summed E-state index contributed by atoms with van der Waals surface area (Å²) in [6.07, 6.45) is 1.87. The second kappa shape index (κ2) is 17.6. The number of hydrogen-bond donors (Lipinski definition) is 0. The SMILES string of the molecule is C=C(C)CCl.CC.CC.Cc1ccc(C)nc1. The molecule has 0 amide bonds. The van der Waals surface area contributed by atoms with Gasteiger partial charge in [-0.1, -0.05) is 45.9 Å². The van der Waals surface area contributed by atoms with Crippen molar-refractivity contribution in [3.8, 4) is 0 Å². The van der Waals surface area contributed by atoms with Crippen molar-refractivity contribution in [2.24, 2.45) is 0 Å². The van der Waals surface area contributed by atoms with E-state index in [0.29, 0.717) is 5.88 Å². The zero-order valence-electron chi connectivity index (χ0n) is 12.5. The fraction of sp³-hybridized carbons (Fsp3) is 0.533. The van der Waals surface area contributed by atoms with Gasteiger partial charge in [0.1, 0.15) is 0 Å². The molecule has 0 bridgehead atoms. The second-order valence-electron chi connectivity index (χ2n) is 3.07. The third kappa shape index (κ3) is 21.1. The molecule has 0 unspecified atom stereocenters. The number of aromatic nitrogens is 1. The van der Waals surface area contributed by atoms with Gasteiger partial charge in [-0.25, -0.2) is 0 Å².